The molecule has 206 valence electrons. The first-order valence-electron chi connectivity index (χ1n) is 13.7. The van der Waals surface area contributed by atoms with Crippen LogP contribution in [0.1, 0.15) is 22.3 Å². The number of para-hydroxylation sites is 1. The van der Waals surface area contributed by atoms with E-state index in [9.17, 15) is 21.0 Å². The largest absolute Gasteiger partial charge is 0.308 e. The highest BCUT2D eigenvalue weighted by Gasteiger charge is 2.19. The summed E-state index contributed by atoms with van der Waals surface area (Å²) in [4.78, 5) is 17.8. The van der Waals surface area contributed by atoms with E-state index in [0.717, 1.165) is 38.6 Å². The molecule has 3 aromatic heterocycles. The fourth-order valence-corrected chi connectivity index (χ4v) is 5.46. The molecule has 3 heterocycles. The van der Waals surface area contributed by atoms with Crippen LogP contribution in [0.2, 0.25) is 0 Å². The summed E-state index contributed by atoms with van der Waals surface area (Å²) in [6.45, 7) is 0. The molecule has 0 atom stereocenters. The number of nitrogens with zero attached hydrogens (tertiary/aromatic N) is 9. The average molecular weight is 576 g/mol. The summed E-state index contributed by atoms with van der Waals surface area (Å²) in [5.41, 5.74) is 7.06. The molecule has 0 fully saturated rings. The van der Waals surface area contributed by atoms with E-state index in [1.54, 1.807) is 18.2 Å². The molecule has 0 aliphatic rings. The molecule has 0 amide bonds. The van der Waals surface area contributed by atoms with Gasteiger partial charge in [0, 0.05) is 46.7 Å². The summed E-state index contributed by atoms with van der Waals surface area (Å²) in [5.74, 6) is 0.838. The molecular weight excluding hydrogens is 558 g/mol. The molecule has 0 saturated heterocycles. The van der Waals surface area contributed by atoms with Gasteiger partial charge in [-0.15, -0.1) is 0 Å². The Hall–Kier alpha value is -7.20. The molecule has 45 heavy (non-hydrogen) atoms. The zero-order valence-corrected chi connectivity index (χ0v) is 23.3. The van der Waals surface area contributed by atoms with E-state index in [-0.39, 0.29) is 0 Å². The Morgan fingerprint density at radius 3 is 1.82 bits per heavy atom. The summed E-state index contributed by atoms with van der Waals surface area (Å²) in [7, 11) is 0. The minimum absolute atomic E-state index is 0.337. The van der Waals surface area contributed by atoms with Crippen molar-refractivity contribution in [1.29, 1.82) is 21.0 Å². The first kappa shape index (κ1) is 26.7. The Bertz CT molecular complexity index is 2460. The van der Waals surface area contributed by atoms with Gasteiger partial charge in [-0.3, -0.25) is 0 Å². The number of hydrogen-bond acceptors (Lipinski definition) is 8. The molecule has 0 N–H and O–H groups in total. The zero-order valence-electron chi connectivity index (χ0n) is 23.3. The normalized spacial score (nSPS) is 10.6. The Balaban J connectivity index is 1.51. The van der Waals surface area contributed by atoms with Crippen molar-refractivity contribution in [2.75, 3.05) is 0 Å². The lowest BCUT2D eigenvalue weighted by molar-refractivity contribution is 1.12. The number of fused-ring (bicyclic) bond motifs is 3. The van der Waals surface area contributed by atoms with Gasteiger partial charge in [0.15, 0.2) is 11.6 Å². The van der Waals surface area contributed by atoms with Crippen molar-refractivity contribution in [2.24, 2.45) is 0 Å². The van der Waals surface area contributed by atoms with Crippen LogP contribution in [0.4, 0.5) is 0 Å². The molecule has 4 aromatic carbocycles. The second kappa shape index (κ2) is 10.9. The number of nitriles is 4. The maximum Gasteiger partial charge on any atom is 0.161 e. The lowest BCUT2D eigenvalue weighted by atomic mass is 9.97. The Morgan fingerprint density at radius 2 is 1.13 bits per heavy atom. The predicted molar refractivity (Wildman–Crippen MR) is 167 cm³/mol. The molecule has 9 nitrogen and oxygen atoms in total. The van der Waals surface area contributed by atoms with Crippen LogP contribution in [0.5, 0.6) is 0 Å². The van der Waals surface area contributed by atoms with E-state index in [2.05, 4.69) is 48.8 Å². The topological polar surface area (TPSA) is 152 Å². The van der Waals surface area contributed by atoms with Crippen LogP contribution in [0.25, 0.3) is 61.4 Å². The van der Waals surface area contributed by atoms with Crippen LogP contribution in [-0.2, 0) is 0 Å². The van der Waals surface area contributed by atoms with E-state index < -0.39 is 0 Å². The molecule has 7 rings (SSSR count). The smallest absolute Gasteiger partial charge is 0.161 e. The van der Waals surface area contributed by atoms with Crippen LogP contribution >= 0.6 is 0 Å². The van der Waals surface area contributed by atoms with Crippen molar-refractivity contribution < 1.29 is 0 Å². The van der Waals surface area contributed by atoms with Crippen molar-refractivity contribution in [3.8, 4) is 63.9 Å². The third-order valence-corrected chi connectivity index (χ3v) is 7.55. The average Bonchev–Trinajstić information content (AvgIpc) is 3.44. The van der Waals surface area contributed by atoms with Crippen LogP contribution in [-0.4, -0.2) is 24.5 Å². The standard InChI is InChI=1S/C36H17N9/c37-14-22-5-8-28(27(11-22)17-40)25-6-9-30-29-3-1-2-4-32(29)45(34(30)13-25)33-10-7-26(35-41-18-23(15-38)19-42-35)12-31(33)36-43-20-24(16-39)21-44-36/h1-13,18-21H. The van der Waals surface area contributed by atoms with Gasteiger partial charge in [-0.2, -0.15) is 21.0 Å². The minimum Gasteiger partial charge on any atom is -0.308 e. The van der Waals surface area contributed by atoms with E-state index in [1.165, 1.54) is 24.8 Å². The lowest BCUT2D eigenvalue weighted by Crippen LogP contribution is -2.01. The van der Waals surface area contributed by atoms with E-state index in [1.807, 2.05) is 60.7 Å². The van der Waals surface area contributed by atoms with Gasteiger partial charge < -0.3 is 4.57 Å². The Morgan fingerprint density at radius 1 is 0.489 bits per heavy atom. The Kier molecular flexibility index (Phi) is 6.46. The molecule has 0 aliphatic heterocycles. The first-order chi connectivity index (χ1) is 22.1. The van der Waals surface area contributed by atoms with Crippen molar-refractivity contribution in [3.05, 3.63) is 126 Å². The first-order valence-corrected chi connectivity index (χ1v) is 13.7. The quantitative estimate of drug-likeness (QED) is 0.221. The minimum atomic E-state index is 0.337. The number of benzene rings is 4. The highest BCUT2D eigenvalue weighted by molar-refractivity contribution is 6.10. The van der Waals surface area contributed by atoms with Crippen LogP contribution in [0.3, 0.4) is 0 Å². The van der Waals surface area contributed by atoms with E-state index in [0.29, 0.717) is 45.0 Å². The number of rotatable bonds is 4. The highest BCUT2D eigenvalue weighted by Crippen LogP contribution is 2.39. The van der Waals surface area contributed by atoms with Gasteiger partial charge in [0.2, 0.25) is 0 Å². The summed E-state index contributed by atoms with van der Waals surface area (Å²) < 4.78 is 2.13. The summed E-state index contributed by atoms with van der Waals surface area (Å²) in [6.07, 6.45) is 5.91. The number of hydrogen-bond donors (Lipinski definition) is 0. The number of aromatic nitrogens is 5. The van der Waals surface area contributed by atoms with Crippen molar-refractivity contribution in [1.82, 2.24) is 24.5 Å². The highest BCUT2D eigenvalue weighted by atomic mass is 15.0. The van der Waals surface area contributed by atoms with Gasteiger partial charge in [0.25, 0.3) is 0 Å². The third kappa shape index (κ3) is 4.57. The van der Waals surface area contributed by atoms with Crippen LogP contribution < -0.4 is 0 Å². The fourth-order valence-electron chi connectivity index (χ4n) is 5.46. The molecule has 9 heteroatoms. The summed E-state index contributed by atoms with van der Waals surface area (Å²) in [6, 6.07) is 33.4. The van der Waals surface area contributed by atoms with Gasteiger partial charge in [0.1, 0.15) is 12.1 Å². The van der Waals surface area contributed by atoms with Crippen molar-refractivity contribution >= 4 is 21.8 Å². The van der Waals surface area contributed by atoms with Gasteiger partial charge in [-0.25, -0.2) is 19.9 Å². The molecule has 0 saturated carbocycles. The van der Waals surface area contributed by atoms with Crippen molar-refractivity contribution in [2.45, 2.75) is 0 Å². The molecule has 0 aliphatic carbocycles. The van der Waals surface area contributed by atoms with Gasteiger partial charge in [-0.1, -0.05) is 36.4 Å². The lowest BCUT2D eigenvalue weighted by Gasteiger charge is -2.15. The fraction of sp³-hybridized carbons (Fsp3) is 0. The van der Waals surface area contributed by atoms with Gasteiger partial charge >= 0.3 is 0 Å². The molecule has 0 spiro atoms. The van der Waals surface area contributed by atoms with Gasteiger partial charge in [-0.05, 0) is 53.6 Å². The third-order valence-electron chi connectivity index (χ3n) is 7.55. The SMILES string of the molecule is N#Cc1cnc(-c2ccc(-n3c4ccccc4c4ccc(-c5ccc(C#N)cc5C#N)cc43)c(-c3ncc(C#N)cn3)c2)nc1. The van der Waals surface area contributed by atoms with Gasteiger partial charge in [0.05, 0.1) is 51.1 Å². The maximum absolute atomic E-state index is 9.88. The summed E-state index contributed by atoms with van der Waals surface area (Å²) >= 11 is 0. The van der Waals surface area contributed by atoms with Crippen molar-refractivity contribution in [3.63, 3.8) is 0 Å². The van der Waals surface area contributed by atoms with E-state index in [4.69, 9.17) is 0 Å². The second-order valence-corrected chi connectivity index (χ2v) is 10.1. The van der Waals surface area contributed by atoms with Crippen LogP contribution in [0, 0.1) is 45.3 Å². The predicted octanol–water partition coefficient (Wildman–Crippen LogP) is 6.85. The summed E-state index contributed by atoms with van der Waals surface area (Å²) in [5, 5.41) is 39.8. The molecular formula is C36H17N9. The maximum atomic E-state index is 9.88. The molecule has 0 radical (unpaired) electrons. The van der Waals surface area contributed by atoms with E-state index >= 15 is 0 Å². The molecule has 0 bridgehead atoms. The zero-order chi connectivity index (χ0) is 30.9. The Labute approximate surface area is 256 Å². The molecule has 7 aromatic rings. The monoisotopic (exact) mass is 575 g/mol. The second-order valence-electron chi connectivity index (χ2n) is 10.1. The van der Waals surface area contributed by atoms with Crippen LogP contribution in [0.15, 0.2) is 104 Å². The molecule has 0 unspecified atom stereocenters.